The van der Waals surface area contributed by atoms with Crippen LogP contribution in [-0.2, 0) is 0 Å². The summed E-state index contributed by atoms with van der Waals surface area (Å²) in [7, 11) is 4.32. The second-order valence-electron chi connectivity index (χ2n) is 9.33. The molecule has 0 aliphatic carbocycles. The van der Waals surface area contributed by atoms with Crippen LogP contribution in [0.15, 0.2) is 12.1 Å². The third-order valence-corrected chi connectivity index (χ3v) is 5.67. The van der Waals surface area contributed by atoms with E-state index in [1.807, 2.05) is 0 Å². The Labute approximate surface area is 152 Å². The molecule has 2 saturated heterocycles. The molecule has 0 atom stereocenters. The van der Waals surface area contributed by atoms with Crippen molar-refractivity contribution in [2.45, 2.75) is 84.4 Å². The Kier molecular flexibility index (Phi) is 8.58. The highest BCUT2D eigenvalue weighted by Crippen LogP contribution is 2.27. The van der Waals surface area contributed by atoms with Gasteiger partial charge < -0.3 is 14.9 Å². The molecule has 3 aliphatic rings. The molecule has 5 heteroatoms. The lowest BCUT2D eigenvalue weighted by atomic mass is 9.63. The topological polar surface area (TPSA) is 18.5 Å². The van der Waals surface area contributed by atoms with Crippen LogP contribution in [0.3, 0.4) is 0 Å². The predicted octanol–water partition coefficient (Wildman–Crippen LogP) is 3.91. The van der Waals surface area contributed by atoms with Gasteiger partial charge >= 0.3 is 0 Å². The van der Waals surface area contributed by atoms with Crippen molar-refractivity contribution in [3.05, 3.63) is 12.1 Å². The van der Waals surface area contributed by atoms with Crippen molar-refractivity contribution in [1.82, 2.24) is 14.9 Å². The van der Waals surface area contributed by atoms with Crippen LogP contribution >= 0.6 is 0 Å². The van der Waals surface area contributed by atoms with E-state index in [2.05, 4.69) is 82.4 Å². The van der Waals surface area contributed by atoms with E-state index < -0.39 is 0 Å². The molecule has 0 spiro atoms. The van der Waals surface area contributed by atoms with Crippen LogP contribution in [0, 0.1) is 0 Å². The van der Waals surface area contributed by atoms with Gasteiger partial charge in [0.15, 0.2) is 0 Å². The first-order chi connectivity index (χ1) is 11.0. The minimum absolute atomic E-state index is 0.363. The lowest BCUT2D eigenvalue weighted by molar-refractivity contribution is 0.183. The number of rotatable bonds is 0. The smallest absolute Gasteiger partial charge is 0.246 e. The molecule has 2 fully saturated rings. The Hall–Kier alpha value is -0.250. The van der Waals surface area contributed by atoms with Gasteiger partial charge in [0.2, 0.25) is 13.7 Å². The molecule has 0 aromatic rings. The zero-order chi connectivity index (χ0) is 18.4. The number of piperidine rings is 1. The molecule has 0 aromatic heterocycles. The van der Waals surface area contributed by atoms with Gasteiger partial charge in [-0.2, -0.15) is 0 Å². The van der Waals surface area contributed by atoms with E-state index in [-0.39, 0.29) is 0 Å². The highest BCUT2D eigenvalue weighted by molar-refractivity contribution is 6.60. The molecule has 1 N–H and O–H groups in total. The molecule has 24 heavy (non-hydrogen) atoms. The summed E-state index contributed by atoms with van der Waals surface area (Å²) in [5, 5.41) is 3.63. The Balaban J connectivity index is 0.000000185. The summed E-state index contributed by atoms with van der Waals surface area (Å²) in [5.41, 5.74) is 0.726. The van der Waals surface area contributed by atoms with Gasteiger partial charge in [0.25, 0.3) is 0 Å². The number of nitrogens with one attached hydrogen (secondary N) is 1. The van der Waals surface area contributed by atoms with Gasteiger partial charge in [-0.1, -0.05) is 26.0 Å². The first kappa shape index (κ1) is 21.8. The van der Waals surface area contributed by atoms with E-state index in [4.69, 9.17) is 0 Å². The van der Waals surface area contributed by atoms with Gasteiger partial charge in [-0.3, -0.25) is 0 Å². The summed E-state index contributed by atoms with van der Waals surface area (Å²) in [6.45, 7) is 17.6. The minimum atomic E-state index is 0.363. The van der Waals surface area contributed by atoms with E-state index in [1.54, 1.807) is 0 Å². The summed E-state index contributed by atoms with van der Waals surface area (Å²) in [4.78, 5) is 4.69. The van der Waals surface area contributed by atoms with Gasteiger partial charge in [0.1, 0.15) is 0 Å². The highest BCUT2D eigenvalue weighted by atomic mass is 15.0. The quantitative estimate of drug-likeness (QED) is 0.678. The van der Waals surface area contributed by atoms with Crippen LogP contribution in [-0.4, -0.2) is 61.6 Å². The zero-order valence-corrected chi connectivity index (χ0v) is 17.7. The molecule has 0 bridgehead atoms. The standard InChI is InChI=1S/C9H19N.C5H12BN.C5H10BN/c1-8(2)6-5-7-9(3,4)10-8;2*1-6-4-3-5-7(6)2/h10H,5-7H2,1-4H3;3-5H2,1-2H3;3-4H,5H2,1-2H3. The van der Waals surface area contributed by atoms with Crippen molar-refractivity contribution in [3.63, 3.8) is 0 Å². The molecule has 0 radical (unpaired) electrons. The van der Waals surface area contributed by atoms with Crippen molar-refractivity contribution < 1.29 is 0 Å². The van der Waals surface area contributed by atoms with Gasteiger partial charge in [-0.25, -0.2) is 0 Å². The van der Waals surface area contributed by atoms with E-state index in [9.17, 15) is 0 Å². The van der Waals surface area contributed by atoms with Crippen molar-refractivity contribution >= 4 is 13.7 Å². The number of nitrogens with zero attached hydrogens (tertiary/aromatic N) is 2. The normalized spacial score (nSPS) is 25.8. The average Bonchev–Trinajstić information content (AvgIpc) is 2.98. The second kappa shape index (κ2) is 9.45. The van der Waals surface area contributed by atoms with E-state index >= 15 is 0 Å². The average molecular weight is 333 g/mol. The molecule has 3 aliphatic heterocycles. The van der Waals surface area contributed by atoms with Crippen LogP contribution in [0.5, 0.6) is 0 Å². The summed E-state index contributed by atoms with van der Waals surface area (Å²) in [6.07, 6.45) is 9.00. The molecule has 0 saturated carbocycles. The summed E-state index contributed by atoms with van der Waals surface area (Å²) in [5.74, 6) is 2.22. The summed E-state index contributed by atoms with van der Waals surface area (Å²) in [6, 6.07) is 0. The molecule has 3 nitrogen and oxygen atoms in total. The monoisotopic (exact) mass is 333 g/mol. The maximum Gasteiger partial charge on any atom is 0.246 e. The molecule has 3 heterocycles. The third kappa shape index (κ3) is 8.22. The summed E-state index contributed by atoms with van der Waals surface area (Å²) < 4.78 is 0. The lowest BCUT2D eigenvalue weighted by Crippen LogP contribution is -2.55. The Morgan fingerprint density at radius 2 is 1.50 bits per heavy atom. The minimum Gasteiger partial charge on any atom is -0.345 e. The largest absolute Gasteiger partial charge is 0.345 e. The Bertz CT molecular complexity index is 374. The van der Waals surface area contributed by atoms with Crippen LogP contribution in [0.1, 0.15) is 53.4 Å². The number of hydrogen-bond acceptors (Lipinski definition) is 3. The van der Waals surface area contributed by atoms with Crippen LogP contribution in [0.4, 0.5) is 0 Å². The first-order valence-corrected chi connectivity index (χ1v) is 9.89. The summed E-state index contributed by atoms with van der Waals surface area (Å²) >= 11 is 0. The zero-order valence-electron chi connectivity index (χ0n) is 17.7. The van der Waals surface area contributed by atoms with Crippen LogP contribution in [0.25, 0.3) is 0 Å². The number of hydrogen-bond donors (Lipinski definition) is 1. The van der Waals surface area contributed by atoms with E-state index in [0.29, 0.717) is 17.9 Å². The molecule has 3 rings (SSSR count). The molecule has 138 valence electrons. The maximum absolute atomic E-state index is 3.63. The molecule has 0 unspecified atom stereocenters. The second-order valence-corrected chi connectivity index (χ2v) is 9.33. The van der Waals surface area contributed by atoms with Gasteiger partial charge in [-0.05, 0) is 74.0 Å². The Morgan fingerprint density at radius 3 is 1.67 bits per heavy atom. The fourth-order valence-corrected chi connectivity index (χ4v) is 3.83. The number of likely N-dealkylation sites (N-methyl/N-ethyl adjacent to an activating group) is 1. The first-order valence-electron chi connectivity index (χ1n) is 9.89. The maximum atomic E-state index is 3.63. The van der Waals surface area contributed by atoms with Gasteiger partial charge in [0, 0.05) is 17.6 Å². The lowest BCUT2D eigenvalue weighted by Gasteiger charge is -2.42. The fraction of sp³-hybridized carbons (Fsp3) is 0.895. The van der Waals surface area contributed by atoms with Gasteiger partial charge in [-0.15, -0.1) is 5.98 Å². The van der Waals surface area contributed by atoms with Crippen molar-refractivity contribution in [3.8, 4) is 0 Å². The molecular weight excluding hydrogens is 292 g/mol. The Morgan fingerprint density at radius 1 is 0.917 bits per heavy atom. The fourth-order valence-electron chi connectivity index (χ4n) is 3.83. The van der Waals surface area contributed by atoms with Crippen LogP contribution in [0.2, 0.25) is 20.0 Å². The third-order valence-electron chi connectivity index (χ3n) is 5.67. The van der Waals surface area contributed by atoms with E-state index in [1.165, 1.54) is 38.5 Å². The molecule has 0 amide bonds. The molecule has 0 aromatic carbocycles. The van der Waals surface area contributed by atoms with Crippen LogP contribution < -0.4 is 5.32 Å². The molecular formula is C19H41B2N3. The van der Waals surface area contributed by atoms with Crippen molar-refractivity contribution in [2.24, 2.45) is 0 Å². The van der Waals surface area contributed by atoms with E-state index in [0.717, 1.165) is 13.4 Å². The predicted molar refractivity (Wildman–Crippen MR) is 112 cm³/mol. The van der Waals surface area contributed by atoms with Gasteiger partial charge in [0.05, 0.1) is 0 Å². The highest BCUT2D eigenvalue weighted by Gasteiger charge is 2.31. The van der Waals surface area contributed by atoms with Crippen molar-refractivity contribution in [2.75, 3.05) is 27.2 Å². The van der Waals surface area contributed by atoms with Crippen molar-refractivity contribution in [1.29, 1.82) is 0 Å². The SMILES string of the molecule is CB1C=CCN1C.CB1CCCN1C.CC1(C)CCCC(C)(C)N1.